The Morgan fingerprint density at radius 1 is 1.42 bits per heavy atom. The average molecular weight is 279 g/mol. The van der Waals surface area contributed by atoms with Crippen LogP contribution in [0.5, 0.6) is 0 Å². The van der Waals surface area contributed by atoms with Crippen molar-refractivity contribution < 1.29 is 27.1 Å². The van der Waals surface area contributed by atoms with Gasteiger partial charge in [0, 0.05) is 5.92 Å². The second-order valence-electron chi connectivity index (χ2n) is 4.14. The summed E-state index contributed by atoms with van der Waals surface area (Å²) in [5.74, 6) is -2.87. The predicted molar refractivity (Wildman–Crippen MR) is 60.8 cm³/mol. The van der Waals surface area contributed by atoms with Crippen molar-refractivity contribution in [2.24, 2.45) is 0 Å². The summed E-state index contributed by atoms with van der Waals surface area (Å²) >= 11 is 0. The lowest BCUT2D eigenvalue weighted by atomic mass is 10.1. The number of alkyl halides is 3. The minimum absolute atomic E-state index is 0.0250. The first kappa shape index (κ1) is 15.5. The molecule has 0 fully saturated rings. The lowest BCUT2D eigenvalue weighted by Gasteiger charge is -2.05. The third-order valence-electron chi connectivity index (χ3n) is 2.51. The summed E-state index contributed by atoms with van der Waals surface area (Å²) in [5, 5.41) is 0. The predicted octanol–water partition coefficient (Wildman–Crippen LogP) is 3.77. The topological polar surface area (TPSA) is 52.3 Å². The molecule has 1 heterocycles. The van der Waals surface area contributed by atoms with Gasteiger partial charge in [-0.2, -0.15) is 13.2 Å². The van der Waals surface area contributed by atoms with Gasteiger partial charge in [-0.1, -0.05) is 20.3 Å². The molecule has 0 saturated carbocycles. The van der Waals surface area contributed by atoms with E-state index in [0.29, 0.717) is 6.42 Å². The molecule has 7 heteroatoms. The highest BCUT2D eigenvalue weighted by atomic mass is 19.4. The summed E-state index contributed by atoms with van der Waals surface area (Å²) in [4.78, 5) is 15.1. The molecule has 4 nitrogen and oxygen atoms in total. The molecular formula is C12H16F3NO3. The number of oxazole rings is 1. The lowest BCUT2D eigenvalue weighted by Crippen LogP contribution is -2.13. The van der Waals surface area contributed by atoms with Crippen molar-refractivity contribution in [3.05, 3.63) is 17.3 Å². The van der Waals surface area contributed by atoms with E-state index in [-0.39, 0.29) is 18.4 Å². The van der Waals surface area contributed by atoms with Crippen LogP contribution in [-0.4, -0.2) is 17.6 Å². The van der Waals surface area contributed by atoms with Gasteiger partial charge in [0.15, 0.2) is 11.6 Å². The van der Waals surface area contributed by atoms with Gasteiger partial charge in [0.2, 0.25) is 5.76 Å². The molecule has 1 rings (SSSR count). The summed E-state index contributed by atoms with van der Waals surface area (Å²) in [5.41, 5.74) is -0.799. The Balaban J connectivity index is 3.16. The number of ether oxygens (including phenoxy) is 1. The quantitative estimate of drug-likeness (QED) is 0.770. The summed E-state index contributed by atoms with van der Waals surface area (Å²) in [6.07, 6.45) is -3.36. The molecule has 0 aliphatic rings. The first-order chi connectivity index (χ1) is 8.81. The van der Waals surface area contributed by atoms with Crippen molar-refractivity contribution in [1.82, 2.24) is 4.98 Å². The first-order valence-electron chi connectivity index (χ1n) is 6.06. The summed E-state index contributed by atoms with van der Waals surface area (Å²) in [7, 11) is 0. The minimum atomic E-state index is -4.76. The lowest BCUT2D eigenvalue weighted by molar-refractivity contribution is -0.154. The normalized spacial score (nSPS) is 13.4. The minimum Gasteiger partial charge on any atom is -0.461 e. The molecule has 1 aromatic heterocycles. The molecule has 1 aromatic rings. The number of carbonyl (C=O) groups is 1. The summed E-state index contributed by atoms with van der Waals surface area (Å²) in [6.45, 7) is 5.08. The first-order valence-corrected chi connectivity index (χ1v) is 6.06. The fraction of sp³-hybridized carbons (Fsp3) is 0.667. The molecule has 0 aromatic carbocycles. The molecule has 0 aliphatic carbocycles. The SMILES string of the molecule is CCCC(C)c1nc(C(=O)OCC)c(C(F)(F)F)o1. The van der Waals surface area contributed by atoms with Crippen molar-refractivity contribution in [3.63, 3.8) is 0 Å². The highest BCUT2D eigenvalue weighted by Gasteiger charge is 2.42. The van der Waals surface area contributed by atoms with E-state index in [2.05, 4.69) is 9.72 Å². The zero-order valence-electron chi connectivity index (χ0n) is 11.0. The third kappa shape index (κ3) is 3.71. The van der Waals surface area contributed by atoms with E-state index in [9.17, 15) is 18.0 Å². The maximum atomic E-state index is 12.8. The number of aromatic nitrogens is 1. The molecule has 19 heavy (non-hydrogen) atoms. The third-order valence-corrected chi connectivity index (χ3v) is 2.51. The largest absolute Gasteiger partial charge is 0.461 e. The number of nitrogens with zero attached hydrogens (tertiary/aromatic N) is 1. The molecule has 108 valence electrons. The molecular weight excluding hydrogens is 263 g/mol. The molecule has 1 atom stereocenters. The monoisotopic (exact) mass is 279 g/mol. The van der Waals surface area contributed by atoms with Crippen LogP contribution in [0.1, 0.15) is 61.7 Å². The van der Waals surface area contributed by atoms with Gasteiger partial charge in [0.05, 0.1) is 6.61 Å². The van der Waals surface area contributed by atoms with E-state index < -0.39 is 23.6 Å². The van der Waals surface area contributed by atoms with Crippen LogP contribution in [0.25, 0.3) is 0 Å². The van der Waals surface area contributed by atoms with Crippen molar-refractivity contribution in [1.29, 1.82) is 0 Å². The van der Waals surface area contributed by atoms with Crippen molar-refractivity contribution in [2.45, 2.75) is 45.7 Å². The molecule has 0 amide bonds. The molecule has 0 spiro atoms. The van der Waals surface area contributed by atoms with E-state index >= 15 is 0 Å². The summed E-state index contributed by atoms with van der Waals surface area (Å²) < 4.78 is 47.6. The van der Waals surface area contributed by atoms with Crippen molar-refractivity contribution >= 4 is 5.97 Å². The second kappa shape index (κ2) is 6.08. The Hall–Kier alpha value is -1.53. The van der Waals surface area contributed by atoms with Gasteiger partial charge in [-0.05, 0) is 13.3 Å². The van der Waals surface area contributed by atoms with Crippen LogP contribution in [0.4, 0.5) is 13.2 Å². The zero-order chi connectivity index (χ0) is 14.6. The van der Waals surface area contributed by atoms with Gasteiger partial charge in [-0.25, -0.2) is 9.78 Å². The Bertz CT molecular complexity index is 440. The van der Waals surface area contributed by atoms with Crippen LogP contribution >= 0.6 is 0 Å². The number of carbonyl (C=O) groups excluding carboxylic acids is 1. The van der Waals surface area contributed by atoms with Gasteiger partial charge in [0.25, 0.3) is 0 Å². The molecule has 1 unspecified atom stereocenters. The molecule has 0 aliphatic heterocycles. The highest BCUT2D eigenvalue weighted by molar-refractivity contribution is 5.88. The Kier molecular flexibility index (Phi) is 4.97. The van der Waals surface area contributed by atoms with Gasteiger partial charge in [-0.15, -0.1) is 0 Å². The van der Waals surface area contributed by atoms with Gasteiger partial charge in [-0.3, -0.25) is 0 Å². The fourth-order valence-electron chi connectivity index (χ4n) is 1.63. The smallest absolute Gasteiger partial charge is 0.452 e. The highest BCUT2D eigenvalue weighted by Crippen LogP contribution is 2.35. The van der Waals surface area contributed by atoms with Crippen molar-refractivity contribution in [2.75, 3.05) is 6.61 Å². The van der Waals surface area contributed by atoms with Crippen LogP contribution in [0.3, 0.4) is 0 Å². The van der Waals surface area contributed by atoms with E-state index in [1.165, 1.54) is 6.92 Å². The van der Waals surface area contributed by atoms with Crippen LogP contribution in [0, 0.1) is 0 Å². The van der Waals surface area contributed by atoms with Crippen LogP contribution in [0.2, 0.25) is 0 Å². The number of rotatable bonds is 5. The fourth-order valence-corrected chi connectivity index (χ4v) is 1.63. The number of esters is 1. The van der Waals surface area contributed by atoms with Crippen LogP contribution < -0.4 is 0 Å². The van der Waals surface area contributed by atoms with E-state index in [4.69, 9.17) is 4.42 Å². The maximum absolute atomic E-state index is 12.8. The molecule has 0 bridgehead atoms. The maximum Gasteiger partial charge on any atom is 0.452 e. The van der Waals surface area contributed by atoms with Gasteiger partial charge >= 0.3 is 12.1 Å². The van der Waals surface area contributed by atoms with E-state index in [0.717, 1.165) is 6.42 Å². The standard InChI is InChI=1S/C12H16F3NO3/c1-4-6-7(3)10-16-8(11(17)18-5-2)9(19-10)12(13,14)15/h7H,4-6H2,1-3H3. The summed E-state index contributed by atoms with van der Waals surface area (Å²) in [6, 6.07) is 0. The van der Waals surface area contributed by atoms with Crippen LogP contribution in [-0.2, 0) is 10.9 Å². The van der Waals surface area contributed by atoms with E-state index in [1.807, 2.05) is 6.92 Å². The second-order valence-corrected chi connectivity index (χ2v) is 4.14. The zero-order valence-corrected chi connectivity index (χ0v) is 11.0. The van der Waals surface area contributed by atoms with Gasteiger partial charge in [0.1, 0.15) is 0 Å². The molecule has 0 saturated heterocycles. The Morgan fingerprint density at radius 3 is 2.53 bits per heavy atom. The van der Waals surface area contributed by atoms with E-state index in [1.54, 1.807) is 6.92 Å². The molecule has 0 radical (unpaired) electrons. The Morgan fingerprint density at radius 2 is 2.05 bits per heavy atom. The van der Waals surface area contributed by atoms with Gasteiger partial charge < -0.3 is 9.15 Å². The number of hydrogen-bond donors (Lipinski definition) is 0. The average Bonchev–Trinajstić information content (AvgIpc) is 2.74. The van der Waals surface area contributed by atoms with Crippen LogP contribution in [0.15, 0.2) is 4.42 Å². The Labute approximate surface area is 109 Å². The number of halogens is 3. The number of hydrogen-bond acceptors (Lipinski definition) is 4. The van der Waals surface area contributed by atoms with Crippen molar-refractivity contribution in [3.8, 4) is 0 Å². The molecule has 0 N–H and O–H groups in total.